The second kappa shape index (κ2) is 9.09. The van der Waals surface area contributed by atoms with Crippen LogP contribution in [0.3, 0.4) is 0 Å². The number of thioether (sulfide) groups is 1. The molecule has 6 heteroatoms. The number of carbonyl (C=O) groups is 2. The Morgan fingerprint density at radius 1 is 1.00 bits per heavy atom. The van der Waals surface area contributed by atoms with Crippen LogP contribution in [-0.4, -0.2) is 17.1 Å². The molecule has 138 valence electrons. The second-order valence-electron chi connectivity index (χ2n) is 5.87. The topological polar surface area (TPSA) is 71.3 Å². The van der Waals surface area contributed by atoms with Gasteiger partial charge in [0.05, 0.1) is 29.3 Å². The van der Waals surface area contributed by atoms with E-state index in [1.165, 1.54) is 11.8 Å². The van der Waals surface area contributed by atoms with Gasteiger partial charge in [-0.05, 0) is 43.3 Å². The number of hydrogen-bond acceptors (Lipinski definition) is 4. The minimum atomic E-state index is -0.299. The number of furan rings is 1. The molecule has 3 rings (SSSR count). The predicted octanol–water partition coefficient (Wildman–Crippen LogP) is 4.33. The molecule has 3 aromatic rings. The first kappa shape index (κ1) is 18.8. The van der Waals surface area contributed by atoms with Crippen molar-refractivity contribution in [1.82, 2.24) is 5.32 Å². The van der Waals surface area contributed by atoms with Crippen molar-refractivity contribution in [2.24, 2.45) is 0 Å². The maximum Gasteiger partial charge on any atom is 0.253 e. The van der Waals surface area contributed by atoms with Gasteiger partial charge in [-0.15, -0.1) is 11.8 Å². The quantitative estimate of drug-likeness (QED) is 0.599. The normalized spacial score (nSPS) is 11.6. The lowest BCUT2D eigenvalue weighted by molar-refractivity contribution is -0.115. The molecular formula is C21H20N2O3S. The fourth-order valence-electron chi connectivity index (χ4n) is 2.46. The number of anilines is 1. The van der Waals surface area contributed by atoms with Crippen LogP contribution in [-0.2, 0) is 11.3 Å². The van der Waals surface area contributed by atoms with Crippen LogP contribution in [0.5, 0.6) is 0 Å². The van der Waals surface area contributed by atoms with Gasteiger partial charge in [-0.2, -0.15) is 0 Å². The van der Waals surface area contributed by atoms with Crippen molar-refractivity contribution in [3.05, 3.63) is 84.3 Å². The number of para-hydroxylation sites is 1. The van der Waals surface area contributed by atoms with Crippen LogP contribution in [0.15, 0.2) is 82.3 Å². The lowest BCUT2D eigenvalue weighted by Gasteiger charge is -2.14. The zero-order valence-corrected chi connectivity index (χ0v) is 15.7. The Morgan fingerprint density at radius 3 is 2.48 bits per heavy atom. The Hall–Kier alpha value is -2.99. The minimum absolute atomic E-state index is 0.157. The van der Waals surface area contributed by atoms with E-state index >= 15 is 0 Å². The second-order valence-corrected chi connectivity index (χ2v) is 7.28. The largest absolute Gasteiger partial charge is 0.467 e. The highest BCUT2D eigenvalue weighted by Gasteiger charge is 2.18. The molecule has 0 saturated carbocycles. The zero-order valence-electron chi connectivity index (χ0n) is 14.8. The van der Waals surface area contributed by atoms with Gasteiger partial charge in [-0.3, -0.25) is 9.59 Å². The number of carbonyl (C=O) groups excluding carboxylic acids is 2. The van der Waals surface area contributed by atoms with Gasteiger partial charge in [0.1, 0.15) is 5.76 Å². The molecule has 0 unspecified atom stereocenters. The molecule has 1 atom stereocenters. The maximum absolute atomic E-state index is 12.6. The van der Waals surface area contributed by atoms with E-state index in [4.69, 9.17) is 4.42 Å². The van der Waals surface area contributed by atoms with E-state index in [0.29, 0.717) is 17.0 Å². The number of hydrogen-bond donors (Lipinski definition) is 2. The van der Waals surface area contributed by atoms with Crippen molar-refractivity contribution >= 4 is 29.3 Å². The van der Waals surface area contributed by atoms with Gasteiger partial charge >= 0.3 is 0 Å². The first-order valence-corrected chi connectivity index (χ1v) is 9.43. The standard InChI is InChI=1S/C21H20N2O3S/c1-15(27-17-9-3-2-4-10-17)20(24)23-19-12-6-5-11-18(19)21(25)22-14-16-8-7-13-26-16/h2-13,15H,14H2,1H3,(H,22,25)(H,23,24)/t15-/m1/s1. The molecule has 5 nitrogen and oxygen atoms in total. The summed E-state index contributed by atoms with van der Waals surface area (Å²) in [7, 11) is 0. The summed E-state index contributed by atoms with van der Waals surface area (Å²) in [6, 6.07) is 20.2. The smallest absolute Gasteiger partial charge is 0.253 e. The van der Waals surface area contributed by atoms with Crippen LogP contribution in [0.25, 0.3) is 0 Å². The highest BCUT2D eigenvalue weighted by atomic mass is 32.2. The summed E-state index contributed by atoms with van der Waals surface area (Å²) in [5.74, 6) is 0.235. The van der Waals surface area contributed by atoms with Gasteiger partial charge in [0.25, 0.3) is 5.91 Å². The molecule has 1 heterocycles. The number of benzene rings is 2. The minimum Gasteiger partial charge on any atom is -0.467 e. The molecule has 2 aromatic carbocycles. The molecule has 0 spiro atoms. The van der Waals surface area contributed by atoms with Crippen LogP contribution in [0.1, 0.15) is 23.0 Å². The summed E-state index contributed by atoms with van der Waals surface area (Å²) < 4.78 is 5.22. The van der Waals surface area contributed by atoms with E-state index in [1.807, 2.05) is 37.3 Å². The van der Waals surface area contributed by atoms with Crippen LogP contribution in [0, 0.1) is 0 Å². The first-order chi connectivity index (χ1) is 13.1. The molecule has 27 heavy (non-hydrogen) atoms. The highest BCUT2D eigenvalue weighted by Crippen LogP contribution is 2.24. The molecule has 0 bridgehead atoms. The lowest BCUT2D eigenvalue weighted by atomic mass is 10.1. The van der Waals surface area contributed by atoms with E-state index in [0.717, 1.165) is 4.90 Å². The first-order valence-electron chi connectivity index (χ1n) is 8.55. The van der Waals surface area contributed by atoms with Gasteiger partial charge < -0.3 is 15.1 Å². The third kappa shape index (κ3) is 5.24. The van der Waals surface area contributed by atoms with Crippen molar-refractivity contribution in [2.45, 2.75) is 23.6 Å². The Balaban J connectivity index is 1.64. The van der Waals surface area contributed by atoms with Gasteiger partial charge in [0.15, 0.2) is 0 Å². The summed E-state index contributed by atoms with van der Waals surface area (Å²) in [6.45, 7) is 2.13. The van der Waals surface area contributed by atoms with Crippen LogP contribution in [0.2, 0.25) is 0 Å². The number of amides is 2. The van der Waals surface area contributed by atoms with Crippen molar-refractivity contribution < 1.29 is 14.0 Å². The Morgan fingerprint density at radius 2 is 1.74 bits per heavy atom. The van der Waals surface area contributed by atoms with E-state index in [2.05, 4.69) is 10.6 Å². The van der Waals surface area contributed by atoms with Gasteiger partial charge in [0.2, 0.25) is 5.91 Å². The molecule has 1 aromatic heterocycles. The Kier molecular flexibility index (Phi) is 6.33. The monoisotopic (exact) mass is 380 g/mol. The van der Waals surface area contributed by atoms with E-state index < -0.39 is 0 Å². The molecule has 0 radical (unpaired) electrons. The van der Waals surface area contributed by atoms with Gasteiger partial charge in [0, 0.05) is 4.90 Å². The Labute approximate surface area is 162 Å². The molecule has 2 N–H and O–H groups in total. The predicted molar refractivity (Wildman–Crippen MR) is 107 cm³/mol. The van der Waals surface area contributed by atoms with Gasteiger partial charge in [-0.1, -0.05) is 30.3 Å². The molecule has 2 amide bonds. The fraction of sp³-hybridized carbons (Fsp3) is 0.143. The average molecular weight is 380 g/mol. The van der Waals surface area contributed by atoms with Crippen molar-refractivity contribution in [3.63, 3.8) is 0 Å². The third-order valence-corrected chi connectivity index (χ3v) is 4.97. The van der Waals surface area contributed by atoms with E-state index in [1.54, 1.807) is 42.7 Å². The molecule has 0 aliphatic heterocycles. The fourth-order valence-corrected chi connectivity index (χ4v) is 3.35. The summed E-state index contributed by atoms with van der Waals surface area (Å²) in [5, 5.41) is 5.36. The third-order valence-electron chi connectivity index (χ3n) is 3.86. The van der Waals surface area contributed by atoms with E-state index in [9.17, 15) is 9.59 Å². The SMILES string of the molecule is C[C@@H](Sc1ccccc1)C(=O)Nc1ccccc1C(=O)NCc1ccco1. The summed E-state index contributed by atoms with van der Waals surface area (Å²) in [6.07, 6.45) is 1.56. The van der Waals surface area contributed by atoms with Crippen LogP contribution >= 0.6 is 11.8 Å². The summed E-state index contributed by atoms with van der Waals surface area (Å²) in [4.78, 5) is 26.1. The molecule has 0 fully saturated rings. The van der Waals surface area contributed by atoms with Gasteiger partial charge in [-0.25, -0.2) is 0 Å². The van der Waals surface area contributed by atoms with Crippen LogP contribution in [0.4, 0.5) is 5.69 Å². The zero-order chi connectivity index (χ0) is 19.1. The van der Waals surface area contributed by atoms with Crippen LogP contribution < -0.4 is 10.6 Å². The lowest BCUT2D eigenvalue weighted by Crippen LogP contribution is -2.27. The average Bonchev–Trinajstić information content (AvgIpc) is 3.21. The molecular weight excluding hydrogens is 360 g/mol. The number of nitrogens with one attached hydrogen (secondary N) is 2. The Bertz CT molecular complexity index is 895. The van der Waals surface area contributed by atoms with Crippen molar-refractivity contribution in [2.75, 3.05) is 5.32 Å². The molecule has 0 aliphatic carbocycles. The van der Waals surface area contributed by atoms with Crippen molar-refractivity contribution in [3.8, 4) is 0 Å². The summed E-state index contributed by atoms with van der Waals surface area (Å²) in [5.41, 5.74) is 0.897. The number of rotatable bonds is 7. The molecule has 0 aliphatic rings. The summed E-state index contributed by atoms with van der Waals surface area (Å²) >= 11 is 1.47. The molecule has 0 saturated heterocycles. The van der Waals surface area contributed by atoms with Crippen molar-refractivity contribution in [1.29, 1.82) is 0 Å². The highest BCUT2D eigenvalue weighted by molar-refractivity contribution is 8.00. The maximum atomic E-state index is 12.6. The van der Waals surface area contributed by atoms with E-state index in [-0.39, 0.29) is 23.6 Å².